The van der Waals surface area contributed by atoms with Crippen LogP contribution in [0.4, 0.5) is 10.5 Å². The summed E-state index contributed by atoms with van der Waals surface area (Å²) in [4.78, 5) is 28.4. The molecule has 1 N–H and O–H groups in total. The predicted octanol–water partition coefficient (Wildman–Crippen LogP) is 0.938. The highest BCUT2D eigenvalue weighted by Crippen LogP contribution is 2.19. The van der Waals surface area contributed by atoms with Crippen molar-refractivity contribution in [1.82, 2.24) is 19.9 Å². The molecule has 0 bridgehead atoms. The smallest absolute Gasteiger partial charge is 0.293 e. The van der Waals surface area contributed by atoms with Crippen molar-refractivity contribution in [2.45, 2.75) is 6.42 Å². The zero-order chi connectivity index (χ0) is 12.7. The number of pyridine rings is 1. The third kappa shape index (κ3) is 1.84. The molecule has 8 heteroatoms. The van der Waals surface area contributed by atoms with Gasteiger partial charge in [-0.1, -0.05) is 0 Å². The minimum atomic E-state index is -0.408. The number of fused-ring (bicyclic) bond motifs is 1. The first-order valence-corrected chi connectivity index (χ1v) is 6.06. The number of carbonyl (C=O) groups is 2. The van der Waals surface area contributed by atoms with E-state index in [2.05, 4.69) is 31.3 Å². The Morgan fingerprint density at radius 1 is 1.39 bits per heavy atom. The van der Waals surface area contributed by atoms with Gasteiger partial charge >= 0.3 is 6.03 Å². The summed E-state index contributed by atoms with van der Waals surface area (Å²) >= 11 is 3.18. The lowest BCUT2D eigenvalue weighted by Crippen LogP contribution is -2.49. The molecule has 3 heterocycles. The number of carbonyl (C=O) groups excluding carboxylic acids is 2. The van der Waals surface area contributed by atoms with Gasteiger partial charge in [-0.3, -0.25) is 15.0 Å². The molecule has 0 saturated carbocycles. The summed E-state index contributed by atoms with van der Waals surface area (Å²) in [5.41, 5.74) is 1.32. The maximum atomic E-state index is 11.7. The SMILES string of the molecule is O=C1CCN(c2ccn3nc(Br)nc3c2)C(=O)N1. The number of hydrogen-bond donors (Lipinski definition) is 1. The predicted molar refractivity (Wildman–Crippen MR) is 66.2 cm³/mol. The summed E-state index contributed by atoms with van der Waals surface area (Å²) in [6.45, 7) is 0.371. The molecule has 7 nitrogen and oxygen atoms in total. The van der Waals surface area contributed by atoms with E-state index in [1.54, 1.807) is 22.8 Å². The van der Waals surface area contributed by atoms with Crippen LogP contribution in [0.15, 0.2) is 23.1 Å². The average Bonchev–Trinajstić information content (AvgIpc) is 2.68. The van der Waals surface area contributed by atoms with Crippen LogP contribution in [0, 0.1) is 0 Å². The summed E-state index contributed by atoms with van der Waals surface area (Å²) in [5, 5.41) is 6.36. The van der Waals surface area contributed by atoms with E-state index < -0.39 is 6.03 Å². The van der Waals surface area contributed by atoms with Crippen molar-refractivity contribution in [3.63, 3.8) is 0 Å². The first kappa shape index (κ1) is 11.1. The lowest BCUT2D eigenvalue weighted by Gasteiger charge is -2.26. The second-order valence-corrected chi connectivity index (χ2v) is 4.53. The van der Waals surface area contributed by atoms with Gasteiger partial charge in [0.2, 0.25) is 10.6 Å². The van der Waals surface area contributed by atoms with Crippen LogP contribution in [0.2, 0.25) is 0 Å². The van der Waals surface area contributed by atoms with Gasteiger partial charge in [0.25, 0.3) is 0 Å². The van der Waals surface area contributed by atoms with Gasteiger partial charge in [0.1, 0.15) is 0 Å². The van der Waals surface area contributed by atoms with Gasteiger partial charge in [0.15, 0.2) is 5.65 Å². The third-order valence-electron chi connectivity index (χ3n) is 2.66. The van der Waals surface area contributed by atoms with Crippen LogP contribution in [-0.2, 0) is 4.79 Å². The van der Waals surface area contributed by atoms with E-state index in [9.17, 15) is 9.59 Å². The monoisotopic (exact) mass is 309 g/mol. The van der Waals surface area contributed by atoms with Crippen molar-refractivity contribution < 1.29 is 9.59 Å². The van der Waals surface area contributed by atoms with Gasteiger partial charge in [-0.15, -0.1) is 5.10 Å². The molecule has 92 valence electrons. The number of halogens is 1. The summed E-state index contributed by atoms with van der Waals surface area (Å²) in [7, 11) is 0. The number of aromatic nitrogens is 3. The number of nitrogens with zero attached hydrogens (tertiary/aromatic N) is 4. The summed E-state index contributed by atoms with van der Waals surface area (Å²) < 4.78 is 2.08. The van der Waals surface area contributed by atoms with Crippen LogP contribution in [-0.4, -0.2) is 33.1 Å². The normalized spacial score (nSPS) is 16.2. The summed E-state index contributed by atoms with van der Waals surface area (Å²) in [6, 6.07) is 3.09. The molecule has 0 atom stereocenters. The van der Waals surface area contributed by atoms with E-state index in [1.807, 2.05) is 0 Å². The van der Waals surface area contributed by atoms with Crippen molar-refractivity contribution in [1.29, 1.82) is 0 Å². The van der Waals surface area contributed by atoms with Crippen molar-refractivity contribution in [3.8, 4) is 0 Å². The van der Waals surface area contributed by atoms with Crippen LogP contribution in [0.5, 0.6) is 0 Å². The number of rotatable bonds is 1. The Labute approximate surface area is 110 Å². The maximum Gasteiger partial charge on any atom is 0.328 e. The standard InChI is InChI=1S/C10H8BrN5O2/c11-9-12-7-5-6(1-4-16(7)14-9)15-3-2-8(17)13-10(15)18/h1,4-5H,2-3H2,(H,13,17,18). The number of anilines is 1. The number of amides is 3. The maximum absolute atomic E-state index is 11.7. The Balaban J connectivity index is 1.98. The Morgan fingerprint density at radius 2 is 2.22 bits per heavy atom. The average molecular weight is 310 g/mol. The highest BCUT2D eigenvalue weighted by Gasteiger charge is 2.24. The van der Waals surface area contributed by atoms with Crippen molar-refractivity contribution in [2.24, 2.45) is 0 Å². The molecule has 0 aliphatic carbocycles. The Morgan fingerprint density at radius 3 is 3.00 bits per heavy atom. The van der Waals surface area contributed by atoms with E-state index >= 15 is 0 Å². The molecule has 2 aromatic rings. The highest BCUT2D eigenvalue weighted by molar-refractivity contribution is 9.10. The Kier molecular flexibility index (Phi) is 2.51. The molecule has 0 aromatic carbocycles. The van der Waals surface area contributed by atoms with Crippen LogP contribution in [0.1, 0.15) is 6.42 Å². The first-order valence-electron chi connectivity index (χ1n) is 5.27. The van der Waals surface area contributed by atoms with E-state index in [-0.39, 0.29) is 5.91 Å². The fourth-order valence-corrected chi connectivity index (χ4v) is 2.17. The molecule has 1 saturated heterocycles. The quantitative estimate of drug-likeness (QED) is 0.850. The third-order valence-corrected chi connectivity index (χ3v) is 3.00. The molecule has 0 unspecified atom stereocenters. The van der Waals surface area contributed by atoms with Crippen molar-refractivity contribution in [2.75, 3.05) is 11.4 Å². The largest absolute Gasteiger partial charge is 0.328 e. The fourth-order valence-electron chi connectivity index (χ4n) is 1.82. The van der Waals surface area contributed by atoms with Gasteiger partial charge in [-0.2, -0.15) is 0 Å². The van der Waals surface area contributed by atoms with E-state index in [0.717, 1.165) is 0 Å². The first-order chi connectivity index (χ1) is 8.63. The molecule has 1 aliphatic rings. The molecule has 18 heavy (non-hydrogen) atoms. The Bertz CT molecular complexity index is 653. The van der Waals surface area contributed by atoms with E-state index in [1.165, 1.54) is 4.90 Å². The van der Waals surface area contributed by atoms with Crippen LogP contribution in [0.25, 0.3) is 5.65 Å². The molecule has 1 aliphatic heterocycles. The number of urea groups is 1. The lowest BCUT2D eigenvalue weighted by atomic mass is 10.2. The van der Waals surface area contributed by atoms with E-state index in [0.29, 0.717) is 29.0 Å². The minimum absolute atomic E-state index is 0.248. The second-order valence-electron chi connectivity index (χ2n) is 3.82. The fraction of sp³-hybridized carbons (Fsp3) is 0.200. The summed E-state index contributed by atoms with van der Waals surface area (Å²) in [5.74, 6) is -0.248. The number of imide groups is 1. The van der Waals surface area contributed by atoms with Crippen LogP contribution >= 0.6 is 15.9 Å². The highest BCUT2D eigenvalue weighted by atomic mass is 79.9. The molecule has 2 aromatic heterocycles. The van der Waals surface area contributed by atoms with Crippen molar-refractivity contribution in [3.05, 3.63) is 23.1 Å². The zero-order valence-corrected chi connectivity index (χ0v) is 10.7. The van der Waals surface area contributed by atoms with Crippen LogP contribution < -0.4 is 10.2 Å². The van der Waals surface area contributed by atoms with Crippen molar-refractivity contribution >= 4 is 39.2 Å². The Hall–Kier alpha value is -1.96. The van der Waals surface area contributed by atoms with Gasteiger partial charge in [0.05, 0.1) is 5.69 Å². The number of hydrogen-bond acceptors (Lipinski definition) is 4. The van der Waals surface area contributed by atoms with E-state index in [4.69, 9.17) is 0 Å². The molecular weight excluding hydrogens is 302 g/mol. The molecule has 3 amide bonds. The summed E-state index contributed by atoms with van der Waals surface area (Å²) in [6.07, 6.45) is 2.01. The lowest BCUT2D eigenvalue weighted by molar-refractivity contribution is -0.120. The van der Waals surface area contributed by atoms with Gasteiger partial charge in [-0.05, 0) is 22.0 Å². The molecule has 3 rings (SSSR count). The van der Waals surface area contributed by atoms with Gasteiger partial charge < -0.3 is 0 Å². The van der Waals surface area contributed by atoms with Crippen LogP contribution in [0.3, 0.4) is 0 Å². The van der Waals surface area contributed by atoms with Gasteiger partial charge in [0, 0.05) is 25.2 Å². The molecule has 0 radical (unpaired) electrons. The minimum Gasteiger partial charge on any atom is -0.293 e. The topological polar surface area (TPSA) is 79.6 Å². The number of nitrogens with one attached hydrogen (secondary N) is 1. The van der Waals surface area contributed by atoms with Gasteiger partial charge in [-0.25, -0.2) is 14.3 Å². The molecular formula is C10H8BrN5O2. The molecule has 1 fully saturated rings. The molecule has 0 spiro atoms. The zero-order valence-electron chi connectivity index (χ0n) is 9.13. The second kappa shape index (κ2) is 4.05.